The van der Waals surface area contributed by atoms with Crippen LogP contribution in [-0.2, 0) is 12.8 Å². The molecule has 0 saturated heterocycles. The van der Waals surface area contributed by atoms with Crippen LogP contribution < -0.4 is 14.2 Å². The van der Waals surface area contributed by atoms with Gasteiger partial charge < -0.3 is 14.2 Å². The first kappa shape index (κ1) is 25.4. The van der Waals surface area contributed by atoms with Gasteiger partial charge >= 0.3 is 6.18 Å². The van der Waals surface area contributed by atoms with Crippen molar-refractivity contribution in [2.24, 2.45) is 0 Å². The predicted molar refractivity (Wildman–Crippen MR) is 138 cm³/mol. The minimum atomic E-state index is -4.65. The smallest absolute Gasteiger partial charge is 0.433 e. The highest BCUT2D eigenvalue weighted by Gasteiger charge is 2.35. The Labute approximate surface area is 221 Å². The Morgan fingerprint density at radius 1 is 0.842 bits per heavy atom. The van der Waals surface area contributed by atoms with E-state index in [0.29, 0.717) is 45.6 Å². The van der Waals surface area contributed by atoms with E-state index in [9.17, 15) is 13.2 Å². The number of ether oxygens (including phenoxy) is 3. The van der Waals surface area contributed by atoms with Crippen molar-refractivity contribution in [3.8, 4) is 39.6 Å². The maximum Gasteiger partial charge on any atom is 0.433 e. The SMILES string of the molecule is COc1ccc(-c2cnn3c(C(F)(F)F)cc(-c4ccc(OCc5ccc(Cl)cc5)cc4)nc23)cc1OC. The zero-order valence-corrected chi connectivity index (χ0v) is 21.0. The number of rotatable bonds is 7. The van der Waals surface area contributed by atoms with Crippen LogP contribution in [0.25, 0.3) is 28.0 Å². The van der Waals surface area contributed by atoms with E-state index in [1.54, 1.807) is 54.6 Å². The molecule has 0 bridgehead atoms. The molecular weight excluding hydrogens is 519 g/mol. The zero-order chi connectivity index (χ0) is 26.9. The van der Waals surface area contributed by atoms with Crippen LogP contribution in [0.4, 0.5) is 13.2 Å². The van der Waals surface area contributed by atoms with Crippen LogP contribution in [0.2, 0.25) is 5.02 Å². The quantitative estimate of drug-likeness (QED) is 0.217. The van der Waals surface area contributed by atoms with Crippen LogP contribution in [0.15, 0.2) is 79.0 Å². The van der Waals surface area contributed by atoms with E-state index in [2.05, 4.69) is 10.1 Å². The Bertz CT molecular complexity index is 1580. The van der Waals surface area contributed by atoms with Gasteiger partial charge in [-0.25, -0.2) is 9.50 Å². The van der Waals surface area contributed by atoms with Gasteiger partial charge in [-0.2, -0.15) is 18.3 Å². The van der Waals surface area contributed by atoms with E-state index in [1.165, 1.54) is 20.4 Å². The van der Waals surface area contributed by atoms with Crippen LogP contribution >= 0.6 is 11.6 Å². The summed E-state index contributed by atoms with van der Waals surface area (Å²) in [6.45, 7) is 0.323. The number of alkyl halides is 3. The zero-order valence-electron chi connectivity index (χ0n) is 20.3. The van der Waals surface area contributed by atoms with Crippen LogP contribution in [0.1, 0.15) is 11.3 Å². The molecule has 38 heavy (non-hydrogen) atoms. The number of fused-ring (bicyclic) bond motifs is 1. The molecular formula is C28H21ClF3N3O3. The molecule has 5 aromatic rings. The summed E-state index contributed by atoms with van der Waals surface area (Å²) in [7, 11) is 2.99. The lowest BCUT2D eigenvalue weighted by molar-refractivity contribution is -0.142. The van der Waals surface area contributed by atoms with Crippen LogP contribution in [0, 0.1) is 0 Å². The second-order valence-corrected chi connectivity index (χ2v) is 8.76. The molecule has 0 aliphatic heterocycles. The highest BCUT2D eigenvalue weighted by atomic mass is 35.5. The fourth-order valence-electron chi connectivity index (χ4n) is 3.99. The van der Waals surface area contributed by atoms with Gasteiger partial charge in [-0.05, 0) is 65.7 Å². The number of halogens is 4. The summed E-state index contributed by atoms with van der Waals surface area (Å²) in [5.74, 6) is 1.50. The molecule has 2 aromatic heterocycles. The molecule has 6 nitrogen and oxygen atoms in total. The molecule has 0 radical (unpaired) electrons. The molecule has 0 aliphatic rings. The van der Waals surface area contributed by atoms with Gasteiger partial charge in [0.2, 0.25) is 0 Å². The molecule has 0 aliphatic carbocycles. The molecule has 0 spiro atoms. The lowest BCUT2D eigenvalue weighted by Gasteiger charge is -2.13. The van der Waals surface area contributed by atoms with Gasteiger partial charge in [0.25, 0.3) is 0 Å². The van der Waals surface area contributed by atoms with Crippen molar-refractivity contribution >= 4 is 17.2 Å². The van der Waals surface area contributed by atoms with Gasteiger partial charge in [-0.15, -0.1) is 0 Å². The van der Waals surface area contributed by atoms with E-state index in [0.717, 1.165) is 16.1 Å². The summed E-state index contributed by atoms with van der Waals surface area (Å²) in [5.41, 5.74) is 1.71. The summed E-state index contributed by atoms with van der Waals surface area (Å²) < 4.78 is 59.3. The first-order valence-electron chi connectivity index (χ1n) is 11.4. The fourth-order valence-corrected chi connectivity index (χ4v) is 4.12. The monoisotopic (exact) mass is 539 g/mol. The number of methoxy groups -OCH3 is 2. The van der Waals surface area contributed by atoms with Crippen LogP contribution in [0.3, 0.4) is 0 Å². The first-order valence-corrected chi connectivity index (χ1v) is 11.8. The van der Waals surface area contributed by atoms with E-state index in [1.807, 2.05) is 12.1 Å². The molecule has 0 saturated carbocycles. The third-order valence-electron chi connectivity index (χ3n) is 5.93. The number of benzene rings is 3. The standard InChI is InChI=1S/C28H21ClF3N3O3/c1-36-24-12-7-19(13-25(24)37-2)22-15-33-35-26(28(30,31)32)14-23(34-27(22)35)18-5-10-21(11-6-18)38-16-17-3-8-20(29)9-4-17/h3-15H,16H2,1-2H3. The second kappa shape index (κ2) is 10.3. The summed E-state index contributed by atoms with van der Waals surface area (Å²) in [4.78, 5) is 4.56. The molecule has 0 fully saturated rings. The lowest BCUT2D eigenvalue weighted by Crippen LogP contribution is -2.13. The lowest BCUT2D eigenvalue weighted by atomic mass is 10.1. The molecule has 194 valence electrons. The summed E-state index contributed by atoms with van der Waals surface area (Å²) in [6.07, 6.45) is -3.30. The van der Waals surface area contributed by atoms with Crippen molar-refractivity contribution < 1.29 is 27.4 Å². The van der Waals surface area contributed by atoms with Crippen molar-refractivity contribution in [1.29, 1.82) is 0 Å². The minimum absolute atomic E-state index is 0.0603. The third kappa shape index (κ3) is 5.10. The Kier molecular flexibility index (Phi) is 6.86. The van der Waals surface area contributed by atoms with Crippen molar-refractivity contribution in [3.05, 3.63) is 95.3 Å². The van der Waals surface area contributed by atoms with Gasteiger partial charge in [0.15, 0.2) is 22.8 Å². The van der Waals surface area contributed by atoms with E-state index >= 15 is 0 Å². The maximum absolute atomic E-state index is 14.0. The highest BCUT2D eigenvalue weighted by molar-refractivity contribution is 6.30. The van der Waals surface area contributed by atoms with Crippen molar-refractivity contribution in [2.75, 3.05) is 14.2 Å². The molecule has 0 amide bonds. The predicted octanol–water partition coefficient (Wildman–Crippen LogP) is 7.33. The van der Waals surface area contributed by atoms with Gasteiger partial charge in [0.1, 0.15) is 12.4 Å². The number of hydrogen-bond donors (Lipinski definition) is 0. The maximum atomic E-state index is 14.0. The van der Waals surface area contributed by atoms with E-state index < -0.39 is 11.9 Å². The number of aromatic nitrogens is 3. The molecule has 0 N–H and O–H groups in total. The average molecular weight is 540 g/mol. The Morgan fingerprint density at radius 2 is 1.53 bits per heavy atom. The van der Waals surface area contributed by atoms with Gasteiger partial charge in [0, 0.05) is 16.1 Å². The number of nitrogens with zero attached hydrogens (tertiary/aromatic N) is 3. The van der Waals surface area contributed by atoms with E-state index in [4.69, 9.17) is 25.8 Å². The minimum Gasteiger partial charge on any atom is -0.493 e. The van der Waals surface area contributed by atoms with Gasteiger partial charge in [-0.1, -0.05) is 29.8 Å². The van der Waals surface area contributed by atoms with E-state index in [-0.39, 0.29) is 11.3 Å². The van der Waals surface area contributed by atoms with Gasteiger partial charge in [-0.3, -0.25) is 0 Å². The Balaban J connectivity index is 1.52. The van der Waals surface area contributed by atoms with Crippen molar-refractivity contribution in [1.82, 2.24) is 14.6 Å². The fraction of sp³-hybridized carbons (Fsp3) is 0.143. The normalized spacial score (nSPS) is 11.5. The topological polar surface area (TPSA) is 57.9 Å². The largest absolute Gasteiger partial charge is 0.493 e. The van der Waals surface area contributed by atoms with Gasteiger partial charge in [0.05, 0.1) is 26.1 Å². The highest BCUT2D eigenvalue weighted by Crippen LogP contribution is 2.37. The molecule has 3 aromatic carbocycles. The van der Waals surface area contributed by atoms with Crippen LogP contribution in [0.5, 0.6) is 17.2 Å². The summed E-state index contributed by atoms with van der Waals surface area (Å²) >= 11 is 5.91. The summed E-state index contributed by atoms with van der Waals surface area (Å²) in [6, 6.07) is 20.0. The molecule has 5 rings (SSSR count). The molecule has 2 heterocycles. The van der Waals surface area contributed by atoms with Crippen molar-refractivity contribution in [2.45, 2.75) is 12.8 Å². The molecule has 10 heteroatoms. The third-order valence-corrected chi connectivity index (χ3v) is 6.18. The van der Waals surface area contributed by atoms with Crippen molar-refractivity contribution in [3.63, 3.8) is 0 Å². The van der Waals surface area contributed by atoms with Crippen LogP contribution in [-0.4, -0.2) is 28.8 Å². The average Bonchev–Trinajstić information content (AvgIpc) is 3.35. The second-order valence-electron chi connectivity index (χ2n) is 8.33. The molecule has 0 atom stereocenters. The number of hydrogen-bond acceptors (Lipinski definition) is 5. The molecule has 0 unspecified atom stereocenters. The Morgan fingerprint density at radius 3 is 2.18 bits per heavy atom. The summed E-state index contributed by atoms with van der Waals surface area (Å²) in [5, 5.41) is 4.63. The Hall–Kier alpha value is -4.24. The first-order chi connectivity index (χ1) is 18.3.